The molecule has 110 valence electrons. The van der Waals surface area contributed by atoms with Crippen LogP contribution in [0, 0.1) is 11.8 Å². The van der Waals surface area contributed by atoms with Crippen LogP contribution in [-0.4, -0.2) is 36.6 Å². The van der Waals surface area contributed by atoms with Gasteiger partial charge in [0.25, 0.3) is 0 Å². The molecule has 2 aliphatic rings. The van der Waals surface area contributed by atoms with E-state index in [0.717, 1.165) is 44.9 Å². The standard InChI is InChI=1S/C16H29NO2/c1-13(2)6-5-9-15-12-17(10-11-19-15)16(18)14-7-3-4-8-14/h13-15H,3-12H2,1-2H3/t15-/m1/s1. The van der Waals surface area contributed by atoms with Gasteiger partial charge in [0.05, 0.1) is 12.7 Å². The van der Waals surface area contributed by atoms with Gasteiger partial charge in [-0.2, -0.15) is 0 Å². The molecule has 1 saturated heterocycles. The third-order valence-corrected chi connectivity index (χ3v) is 4.46. The van der Waals surface area contributed by atoms with Gasteiger partial charge in [-0.3, -0.25) is 4.79 Å². The van der Waals surface area contributed by atoms with Gasteiger partial charge in [0.15, 0.2) is 0 Å². The molecule has 1 heterocycles. The Morgan fingerprint density at radius 3 is 2.74 bits per heavy atom. The van der Waals surface area contributed by atoms with Gasteiger partial charge in [0.1, 0.15) is 0 Å². The summed E-state index contributed by atoms with van der Waals surface area (Å²) >= 11 is 0. The van der Waals surface area contributed by atoms with E-state index in [1.54, 1.807) is 0 Å². The number of carbonyl (C=O) groups is 1. The molecule has 0 spiro atoms. The third-order valence-electron chi connectivity index (χ3n) is 4.46. The van der Waals surface area contributed by atoms with E-state index in [0.29, 0.717) is 11.8 Å². The molecule has 0 aromatic carbocycles. The number of hydrogen-bond donors (Lipinski definition) is 0. The summed E-state index contributed by atoms with van der Waals surface area (Å²) in [5, 5.41) is 0. The monoisotopic (exact) mass is 267 g/mol. The highest BCUT2D eigenvalue weighted by molar-refractivity contribution is 5.79. The molecule has 0 radical (unpaired) electrons. The molecule has 2 rings (SSSR count). The van der Waals surface area contributed by atoms with Crippen LogP contribution in [0.25, 0.3) is 0 Å². The predicted octanol–water partition coefficient (Wildman–Crippen LogP) is 3.23. The molecule has 1 atom stereocenters. The maximum absolute atomic E-state index is 12.4. The van der Waals surface area contributed by atoms with E-state index in [4.69, 9.17) is 4.74 Å². The molecule has 2 fully saturated rings. The maximum Gasteiger partial charge on any atom is 0.225 e. The molecule has 19 heavy (non-hydrogen) atoms. The van der Waals surface area contributed by atoms with Crippen molar-refractivity contribution in [2.45, 2.75) is 64.9 Å². The van der Waals surface area contributed by atoms with E-state index in [-0.39, 0.29) is 6.10 Å². The molecule has 1 saturated carbocycles. The highest BCUT2D eigenvalue weighted by Gasteiger charge is 2.30. The van der Waals surface area contributed by atoms with Crippen LogP contribution >= 0.6 is 0 Å². The van der Waals surface area contributed by atoms with Gasteiger partial charge < -0.3 is 9.64 Å². The molecule has 1 aliphatic carbocycles. The lowest BCUT2D eigenvalue weighted by atomic mass is 10.0. The van der Waals surface area contributed by atoms with E-state index in [2.05, 4.69) is 18.7 Å². The van der Waals surface area contributed by atoms with Gasteiger partial charge in [-0.05, 0) is 25.2 Å². The summed E-state index contributed by atoms with van der Waals surface area (Å²) in [5.41, 5.74) is 0. The van der Waals surface area contributed by atoms with E-state index < -0.39 is 0 Å². The number of nitrogens with zero attached hydrogens (tertiary/aromatic N) is 1. The van der Waals surface area contributed by atoms with Crippen molar-refractivity contribution in [1.29, 1.82) is 0 Å². The third kappa shape index (κ3) is 4.48. The van der Waals surface area contributed by atoms with Crippen LogP contribution in [-0.2, 0) is 9.53 Å². The van der Waals surface area contributed by atoms with Crippen molar-refractivity contribution in [1.82, 2.24) is 4.90 Å². The second-order valence-electron chi connectivity index (χ2n) is 6.58. The van der Waals surface area contributed by atoms with Crippen molar-refractivity contribution in [3.63, 3.8) is 0 Å². The fourth-order valence-electron chi connectivity index (χ4n) is 3.28. The number of ether oxygens (including phenoxy) is 1. The number of amides is 1. The Bertz CT molecular complexity index is 284. The summed E-state index contributed by atoms with van der Waals surface area (Å²) in [5.74, 6) is 1.48. The van der Waals surface area contributed by atoms with Crippen molar-refractivity contribution in [2.24, 2.45) is 11.8 Å². The van der Waals surface area contributed by atoms with Crippen LogP contribution in [0.3, 0.4) is 0 Å². The Labute approximate surface area is 117 Å². The van der Waals surface area contributed by atoms with Gasteiger partial charge >= 0.3 is 0 Å². The van der Waals surface area contributed by atoms with E-state index in [9.17, 15) is 4.79 Å². The lowest BCUT2D eigenvalue weighted by Gasteiger charge is -2.34. The zero-order valence-corrected chi connectivity index (χ0v) is 12.6. The Morgan fingerprint density at radius 1 is 1.32 bits per heavy atom. The van der Waals surface area contributed by atoms with Gasteiger partial charge in [-0.15, -0.1) is 0 Å². The number of carbonyl (C=O) groups excluding carboxylic acids is 1. The van der Waals surface area contributed by atoms with Crippen LogP contribution < -0.4 is 0 Å². The smallest absolute Gasteiger partial charge is 0.225 e. The normalized spacial score (nSPS) is 25.2. The van der Waals surface area contributed by atoms with Crippen LogP contribution in [0.4, 0.5) is 0 Å². The second-order valence-corrected chi connectivity index (χ2v) is 6.58. The molecular formula is C16H29NO2. The van der Waals surface area contributed by atoms with Crippen molar-refractivity contribution in [3.05, 3.63) is 0 Å². The highest BCUT2D eigenvalue weighted by Crippen LogP contribution is 2.27. The van der Waals surface area contributed by atoms with E-state index >= 15 is 0 Å². The molecule has 1 amide bonds. The quantitative estimate of drug-likeness (QED) is 0.765. The fraction of sp³-hybridized carbons (Fsp3) is 0.938. The molecule has 0 bridgehead atoms. The first-order valence-corrected chi connectivity index (χ1v) is 8.07. The maximum atomic E-state index is 12.4. The number of hydrogen-bond acceptors (Lipinski definition) is 2. The topological polar surface area (TPSA) is 29.5 Å². The van der Waals surface area contributed by atoms with Gasteiger partial charge in [-0.1, -0.05) is 39.5 Å². The highest BCUT2D eigenvalue weighted by atomic mass is 16.5. The van der Waals surface area contributed by atoms with E-state index in [1.165, 1.54) is 25.7 Å². The zero-order valence-electron chi connectivity index (χ0n) is 12.6. The summed E-state index contributed by atoms with van der Waals surface area (Å²) in [6.07, 6.45) is 8.54. The Morgan fingerprint density at radius 2 is 2.05 bits per heavy atom. The lowest BCUT2D eigenvalue weighted by molar-refractivity contribution is -0.143. The summed E-state index contributed by atoms with van der Waals surface area (Å²) in [7, 11) is 0. The van der Waals surface area contributed by atoms with Crippen LogP contribution in [0.15, 0.2) is 0 Å². The van der Waals surface area contributed by atoms with Crippen molar-refractivity contribution >= 4 is 5.91 Å². The number of rotatable bonds is 5. The minimum absolute atomic E-state index is 0.276. The minimum atomic E-state index is 0.276. The lowest BCUT2D eigenvalue weighted by Crippen LogP contribution is -2.47. The molecular weight excluding hydrogens is 238 g/mol. The SMILES string of the molecule is CC(C)CCC[C@@H]1CN(C(=O)C2CCCC2)CCO1. The first-order valence-electron chi connectivity index (χ1n) is 8.07. The molecule has 0 aromatic heterocycles. The molecule has 0 unspecified atom stereocenters. The molecule has 0 N–H and O–H groups in total. The van der Waals surface area contributed by atoms with Gasteiger partial charge in [0.2, 0.25) is 5.91 Å². The summed E-state index contributed by atoms with van der Waals surface area (Å²) in [6, 6.07) is 0. The summed E-state index contributed by atoms with van der Waals surface area (Å²) < 4.78 is 5.81. The average molecular weight is 267 g/mol. The van der Waals surface area contributed by atoms with Crippen LogP contribution in [0.2, 0.25) is 0 Å². The van der Waals surface area contributed by atoms with Crippen molar-refractivity contribution in [2.75, 3.05) is 19.7 Å². The first kappa shape index (κ1) is 14.8. The van der Waals surface area contributed by atoms with E-state index in [1.807, 2.05) is 0 Å². The summed E-state index contributed by atoms with van der Waals surface area (Å²) in [4.78, 5) is 14.5. The zero-order chi connectivity index (χ0) is 13.7. The molecule has 0 aromatic rings. The Hall–Kier alpha value is -0.570. The number of morpholine rings is 1. The molecule has 3 nitrogen and oxygen atoms in total. The Balaban J connectivity index is 1.74. The van der Waals surface area contributed by atoms with Crippen LogP contribution in [0.1, 0.15) is 58.8 Å². The van der Waals surface area contributed by atoms with Gasteiger partial charge in [0, 0.05) is 19.0 Å². The van der Waals surface area contributed by atoms with Crippen molar-refractivity contribution in [3.8, 4) is 0 Å². The molecule has 3 heteroatoms. The largest absolute Gasteiger partial charge is 0.375 e. The summed E-state index contributed by atoms with van der Waals surface area (Å²) in [6.45, 7) is 6.88. The predicted molar refractivity (Wildman–Crippen MR) is 77.0 cm³/mol. The van der Waals surface area contributed by atoms with Crippen LogP contribution in [0.5, 0.6) is 0 Å². The van der Waals surface area contributed by atoms with Gasteiger partial charge in [-0.25, -0.2) is 0 Å². The minimum Gasteiger partial charge on any atom is -0.375 e. The first-order chi connectivity index (χ1) is 9.16. The molecule has 1 aliphatic heterocycles. The average Bonchev–Trinajstić information content (AvgIpc) is 2.91. The fourth-order valence-corrected chi connectivity index (χ4v) is 3.28. The Kier molecular flexibility index (Phi) is 5.68. The second kappa shape index (κ2) is 7.28. The van der Waals surface area contributed by atoms with Crippen molar-refractivity contribution < 1.29 is 9.53 Å².